The van der Waals surface area contributed by atoms with Crippen LogP contribution in [0.2, 0.25) is 0 Å². The molecule has 0 aromatic carbocycles. The maximum Gasteiger partial charge on any atom is 0.416 e. The Labute approximate surface area is 116 Å². The summed E-state index contributed by atoms with van der Waals surface area (Å²) in [5, 5.41) is 14.5. The molecule has 0 amide bonds. The van der Waals surface area contributed by atoms with Gasteiger partial charge in [0.1, 0.15) is 11.6 Å². The molecule has 0 bridgehead atoms. The van der Waals surface area contributed by atoms with Gasteiger partial charge in [-0.3, -0.25) is 0 Å². The van der Waals surface area contributed by atoms with E-state index in [-0.39, 0.29) is 24.3 Å². The number of halogens is 3. The van der Waals surface area contributed by atoms with Crippen molar-refractivity contribution in [1.29, 1.82) is 0 Å². The highest BCUT2D eigenvalue weighted by Crippen LogP contribution is 2.32. The van der Waals surface area contributed by atoms with Crippen molar-refractivity contribution in [3.8, 4) is 0 Å². The average Bonchev–Trinajstić information content (AvgIpc) is 2.35. The van der Waals surface area contributed by atoms with Crippen molar-refractivity contribution in [2.75, 3.05) is 23.8 Å². The molecule has 1 rings (SSSR count). The van der Waals surface area contributed by atoms with Crippen LogP contribution in [-0.2, 0) is 6.18 Å². The molecule has 114 valence electrons. The van der Waals surface area contributed by atoms with Crippen molar-refractivity contribution in [2.45, 2.75) is 38.9 Å². The number of nitrogens with zero attached hydrogens (tertiary/aromatic N) is 1. The van der Waals surface area contributed by atoms with Gasteiger partial charge in [0.15, 0.2) is 0 Å². The molecule has 20 heavy (non-hydrogen) atoms. The van der Waals surface area contributed by atoms with Crippen LogP contribution in [0.4, 0.5) is 24.8 Å². The third-order valence-corrected chi connectivity index (χ3v) is 2.70. The van der Waals surface area contributed by atoms with Gasteiger partial charge in [0.25, 0.3) is 0 Å². The number of alkyl halides is 3. The standard InChI is InChI=1S/C13H20F3N3O/c1-3-17-11-7-10(13(14,15)16)8-12(19-11)18-9(2)5-4-6-20/h7-9,20H,3-6H2,1-2H3,(H2,17,18,19). The van der Waals surface area contributed by atoms with Crippen LogP contribution in [0, 0.1) is 0 Å². The lowest BCUT2D eigenvalue weighted by Crippen LogP contribution is -2.18. The SMILES string of the molecule is CCNc1cc(C(F)(F)F)cc(NC(C)CCCO)n1. The molecule has 4 nitrogen and oxygen atoms in total. The Kier molecular flexibility index (Phi) is 6.06. The first kappa shape index (κ1) is 16.6. The minimum atomic E-state index is -4.40. The summed E-state index contributed by atoms with van der Waals surface area (Å²) in [4.78, 5) is 4.10. The second kappa shape index (κ2) is 7.33. The molecular formula is C13H20F3N3O. The van der Waals surface area contributed by atoms with Crippen molar-refractivity contribution in [3.05, 3.63) is 17.7 Å². The van der Waals surface area contributed by atoms with Gasteiger partial charge in [-0.25, -0.2) is 4.98 Å². The van der Waals surface area contributed by atoms with Crippen LogP contribution in [0.25, 0.3) is 0 Å². The van der Waals surface area contributed by atoms with Gasteiger partial charge in [0.05, 0.1) is 5.56 Å². The zero-order chi connectivity index (χ0) is 15.2. The van der Waals surface area contributed by atoms with Crippen molar-refractivity contribution < 1.29 is 18.3 Å². The molecule has 0 spiro atoms. The van der Waals surface area contributed by atoms with Gasteiger partial charge in [0, 0.05) is 19.2 Å². The lowest BCUT2D eigenvalue weighted by Gasteiger charge is -2.17. The van der Waals surface area contributed by atoms with Crippen LogP contribution in [0.3, 0.4) is 0 Å². The molecular weight excluding hydrogens is 271 g/mol. The molecule has 1 heterocycles. The lowest BCUT2D eigenvalue weighted by atomic mass is 10.2. The van der Waals surface area contributed by atoms with Crippen molar-refractivity contribution in [3.63, 3.8) is 0 Å². The smallest absolute Gasteiger partial charge is 0.396 e. The van der Waals surface area contributed by atoms with E-state index in [1.165, 1.54) is 0 Å². The highest BCUT2D eigenvalue weighted by atomic mass is 19.4. The summed E-state index contributed by atoms with van der Waals surface area (Å²) in [5.41, 5.74) is -0.736. The van der Waals surface area contributed by atoms with Crippen LogP contribution in [0.5, 0.6) is 0 Å². The lowest BCUT2D eigenvalue weighted by molar-refractivity contribution is -0.137. The highest BCUT2D eigenvalue weighted by molar-refractivity contribution is 5.50. The van der Waals surface area contributed by atoms with E-state index in [0.717, 1.165) is 12.1 Å². The first-order chi connectivity index (χ1) is 9.36. The number of aliphatic hydroxyl groups excluding tert-OH is 1. The monoisotopic (exact) mass is 291 g/mol. The molecule has 1 unspecified atom stereocenters. The van der Waals surface area contributed by atoms with Gasteiger partial charge in [-0.05, 0) is 38.8 Å². The number of aromatic nitrogens is 1. The summed E-state index contributed by atoms with van der Waals surface area (Å²) in [7, 11) is 0. The zero-order valence-electron chi connectivity index (χ0n) is 11.6. The number of aliphatic hydroxyl groups is 1. The van der Waals surface area contributed by atoms with E-state index in [1.54, 1.807) is 6.92 Å². The van der Waals surface area contributed by atoms with Gasteiger partial charge < -0.3 is 15.7 Å². The minimum absolute atomic E-state index is 0.0602. The van der Waals surface area contributed by atoms with Crippen molar-refractivity contribution in [2.24, 2.45) is 0 Å². The molecule has 3 N–H and O–H groups in total. The summed E-state index contributed by atoms with van der Waals surface area (Å²) >= 11 is 0. The van der Waals surface area contributed by atoms with Crippen LogP contribution >= 0.6 is 0 Å². The highest BCUT2D eigenvalue weighted by Gasteiger charge is 2.31. The van der Waals surface area contributed by atoms with E-state index >= 15 is 0 Å². The van der Waals surface area contributed by atoms with Gasteiger partial charge in [-0.2, -0.15) is 13.2 Å². The molecule has 0 aliphatic carbocycles. The Morgan fingerprint density at radius 2 is 1.95 bits per heavy atom. The molecule has 1 aromatic rings. The Morgan fingerprint density at radius 1 is 1.30 bits per heavy atom. The molecule has 0 aliphatic rings. The molecule has 0 saturated carbocycles. The van der Waals surface area contributed by atoms with Gasteiger partial charge >= 0.3 is 6.18 Å². The molecule has 7 heteroatoms. The van der Waals surface area contributed by atoms with Crippen LogP contribution in [-0.4, -0.2) is 29.3 Å². The van der Waals surface area contributed by atoms with E-state index < -0.39 is 11.7 Å². The molecule has 0 aliphatic heterocycles. The number of nitrogens with one attached hydrogen (secondary N) is 2. The summed E-state index contributed by atoms with van der Waals surface area (Å²) in [6.45, 7) is 4.18. The number of anilines is 2. The maximum absolute atomic E-state index is 12.8. The van der Waals surface area contributed by atoms with Gasteiger partial charge in [0.2, 0.25) is 0 Å². The molecule has 0 fully saturated rings. The van der Waals surface area contributed by atoms with Crippen molar-refractivity contribution in [1.82, 2.24) is 4.98 Å². The molecule has 0 saturated heterocycles. The third kappa shape index (κ3) is 5.24. The van der Waals surface area contributed by atoms with E-state index in [4.69, 9.17) is 5.11 Å². The number of rotatable bonds is 7. The quantitative estimate of drug-likeness (QED) is 0.722. The van der Waals surface area contributed by atoms with E-state index in [0.29, 0.717) is 19.4 Å². The largest absolute Gasteiger partial charge is 0.416 e. The number of hydrogen-bond acceptors (Lipinski definition) is 4. The van der Waals surface area contributed by atoms with Gasteiger partial charge in [-0.15, -0.1) is 0 Å². The second-order valence-electron chi connectivity index (χ2n) is 4.57. The number of pyridine rings is 1. The third-order valence-electron chi connectivity index (χ3n) is 2.70. The summed E-state index contributed by atoms with van der Waals surface area (Å²) < 4.78 is 38.4. The van der Waals surface area contributed by atoms with Crippen LogP contribution in [0.1, 0.15) is 32.3 Å². The summed E-state index contributed by atoms with van der Waals surface area (Å²) in [5.74, 6) is 0.375. The fourth-order valence-electron chi connectivity index (χ4n) is 1.76. The fraction of sp³-hybridized carbons (Fsp3) is 0.615. The fourth-order valence-corrected chi connectivity index (χ4v) is 1.76. The topological polar surface area (TPSA) is 57.2 Å². The minimum Gasteiger partial charge on any atom is -0.396 e. The Morgan fingerprint density at radius 3 is 2.50 bits per heavy atom. The predicted octanol–water partition coefficient (Wildman–Crippen LogP) is 3.11. The molecule has 0 radical (unpaired) electrons. The van der Waals surface area contributed by atoms with Crippen LogP contribution < -0.4 is 10.6 Å². The Bertz CT molecular complexity index is 424. The van der Waals surface area contributed by atoms with E-state index in [2.05, 4.69) is 15.6 Å². The first-order valence-electron chi connectivity index (χ1n) is 6.57. The normalized spacial score (nSPS) is 13.1. The average molecular weight is 291 g/mol. The van der Waals surface area contributed by atoms with Gasteiger partial charge in [-0.1, -0.05) is 0 Å². The Hall–Kier alpha value is -1.50. The van der Waals surface area contributed by atoms with Crippen molar-refractivity contribution >= 4 is 11.6 Å². The maximum atomic E-state index is 12.8. The van der Waals surface area contributed by atoms with E-state index in [9.17, 15) is 13.2 Å². The zero-order valence-corrected chi connectivity index (χ0v) is 11.6. The molecule has 1 atom stereocenters. The predicted molar refractivity (Wildman–Crippen MR) is 72.8 cm³/mol. The first-order valence-corrected chi connectivity index (χ1v) is 6.57. The van der Waals surface area contributed by atoms with E-state index in [1.807, 2.05) is 6.92 Å². The molecule has 1 aromatic heterocycles. The second-order valence-corrected chi connectivity index (χ2v) is 4.57. The Balaban J connectivity index is 2.91. The number of hydrogen-bond donors (Lipinski definition) is 3. The summed E-state index contributed by atoms with van der Waals surface area (Å²) in [6.07, 6.45) is -3.16. The summed E-state index contributed by atoms with van der Waals surface area (Å²) in [6, 6.07) is 1.93. The van der Waals surface area contributed by atoms with Crippen LogP contribution in [0.15, 0.2) is 12.1 Å².